The maximum absolute atomic E-state index is 15.6. The van der Waals surface area contributed by atoms with Gasteiger partial charge in [0.15, 0.2) is 0 Å². The minimum atomic E-state index is -3.85. The third kappa shape index (κ3) is 20.2. The Balaban J connectivity index is 0.000000599. The van der Waals surface area contributed by atoms with Crippen molar-refractivity contribution in [3.8, 4) is 0 Å². The summed E-state index contributed by atoms with van der Waals surface area (Å²) in [5, 5.41) is 35.0. The molecule has 2 aliphatic heterocycles. The average molecular weight is 991 g/mol. The Hall–Kier alpha value is -5.45. The van der Waals surface area contributed by atoms with E-state index in [0.717, 1.165) is 11.1 Å². The summed E-state index contributed by atoms with van der Waals surface area (Å²) in [5.41, 5.74) is 1.72. The normalized spacial score (nSPS) is 24.7. The Kier molecular flexibility index (Phi) is 27.6. The third-order valence-electron chi connectivity index (χ3n) is 11.1. The maximum Gasteiger partial charge on any atom is 0.381 e. The molecule has 4 rings (SSSR count). The summed E-state index contributed by atoms with van der Waals surface area (Å²) in [7, 11) is 0. The zero-order chi connectivity index (χ0) is 52.5. The zero-order valence-corrected chi connectivity index (χ0v) is 40.1. The van der Waals surface area contributed by atoms with Crippen LogP contribution in [0.15, 0.2) is 60.7 Å². The number of nitro groups is 2. The molecule has 0 radical (unpaired) electrons. The fourth-order valence-corrected chi connectivity index (χ4v) is 7.83. The Morgan fingerprint density at radius 3 is 1.43 bits per heavy atom. The van der Waals surface area contributed by atoms with Gasteiger partial charge in [-0.2, -0.15) is 9.59 Å². The highest BCUT2D eigenvalue weighted by molar-refractivity contribution is 5.75. The second-order valence-corrected chi connectivity index (χ2v) is 16.3. The summed E-state index contributed by atoms with van der Waals surface area (Å²) in [4.78, 5) is 71.1. The Bertz CT molecular complexity index is 1900. The molecule has 0 aromatic heterocycles. The lowest BCUT2D eigenvalue weighted by Gasteiger charge is -2.48. The summed E-state index contributed by atoms with van der Waals surface area (Å²) >= 11 is 0. The van der Waals surface area contributed by atoms with Crippen molar-refractivity contribution in [2.75, 3.05) is 19.8 Å². The van der Waals surface area contributed by atoms with Crippen LogP contribution in [0.1, 0.15) is 92.2 Å². The number of alkyl halides is 4. The average Bonchev–Trinajstić information content (AvgIpc) is 3.29. The van der Waals surface area contributed by atoms with Gasteiger partial charge in [-0.25, -0.2) is 22.4 Å². The van der Waals surface area contributed by atoms with Crippen LogP contribution < -0.4 is 10.6 Å². The standard InChI is InChI=1S/C23H32F2N2O7.C19H27F2NO4.C3H7NO2.CO2/c1-5-18-14(3)20(33-13-16-10-8-7-9-11-16)19(26-15(4)28)21(34-18)23(24,25)12-17(27(30)31)22(29)32-6-2;1-4-15-12(2)17(25-10-14-8-6-5-7-9-14)16(22-13(3)24)18(26-15)19(20,21)11-23;1-2-3-4(5)6;2-1-3/h7-11,14,17-21H,5-6,12-13H2,1-4H3,(H,26,28);5-9,12,15-18,23H,4,10-11H2,1-3H3,(H,22,24);2-3H2,1H3;/t14-,17?,18+,19+,20-,21-;12-,15+,16+,17-,18-;;/m00../s1. The summed E-state index contributed by atoms with van der Waals surface area (Å²) in [6.45, 7) is 11.8. The number of ether oxygens (including phenoxy) is 5. The van der Waals surface area contributed by atoms with Crippen molar-refractivity contribution >= 4 is 23.9 Å². The van der Waals surface area contributed by atoms with E-state index < -0.39 is 102 Å². The highest BCUT2D eigenvalue weighted by atomic mass is 19.3. The number of aliphatic hydroxyl groups excluding tert-OH is 1. The number of hydrogen-bond acceptors (Lipinski definition) is 15. The Labute approximate surface area is 398 Å². The van der Waals surface area contributed by atoms with Crippen LogP contribution in [0.5, 0.6) is 0 Å². The minimum Gasteiger partial charge on any atom is -0.461 e. The van der Waals surface area contributed by atoms with Gasteiger partial charge in [0.2, 0.25) is 18.4 Å². The van der Waals surface area contributed by atoms with Crippen LogP contribution in [0.3, 0.4) is 0 Å². The summed E-state index contributed by atoms with van der Waals surface area (Å²) < 4.78 is 87.7. The number of halogens is 4. The SMILES string of the molecule is CCC[N+](=O)[O-].CCOC(=O)C(CC(F)(F)[C@H]1O[C@H](CC)[C@H](C)[C@H](OCc2ccccc2)[C@H]1NC(C)=O)[N+](=O)[O-].CC[C@H]1O[C@H](C(F)(F)CO)[C@H](NC(C)=O)[C@@H](OCc2ccccc2)[C@H]1C.O=C=O. The van der Waals surface area contributed by atoms with Crippen molar-refractivity contribution in [1.82, 2.24) is 10.6 Å². The second kappa shape index (κ2) is 30.9. The van der Waals surface area contributed by atoms with E-state index in [2.05, 4.69) is 15.4 Å². The monoisotopic (exact) mass is 990 g/mol. The Morgan fingerprint density at radius 1 is 0.754 bits per heavy atom. The number of benzene rings is 2. The molecule has 2 aliphatic rings. The van der Waals surface area contributed by atoms with E-state index in [1.165, 1.54) is 20.8 Å². The number of nitrogens with one attached hydrogen (secondary N) is 2. The van der Waals surface area contributed by atoms with Crippen LogP contribution in [0.2, 0.25) is 0 Å². The fourth-order valence-electron chi connectivity index (χ4n) is 7.83. The molecule has 0 aliphatic carbocycles. The van der Waals surface area contributed by atoms with Crippen LogP contribution in [-0.2, 0) is 60.9 Å². The van der Waals surface area contributed by atoms with E-state index in [9.17, 15) is 43.4 Å². The first-order valence-corrected chi connectivity index (χ1v) is 22.4. The van der Waals surface area contributed by atoms with E-state index in [4.69, 9.17) is 33.6 Å². The van der Waals surface area contributed by atoms with Crippen molar-refractivity contribution in [1.29, 1.82) is 0 Å². The fraction of sp³-hybridized carbons (Fsp3) is 0.652. The molecule has 19 nitrogen and oxygen atoms in total. The van der Waals surface area contributed by atoms with Gasteiger partial charge in [-0.3, -0.25) is 29.8 Å². The van der Waals surface area contributed by atoms with Gasteiger partial charge in [0.1, 0.15) is 18.8 Å². The van der Waals surface area contributed by atoms with E-state index in [1.54, 1.807) is 20.8 Å². The number of hydrogen-bond donors (Lipinski definition) is 3. The lowest BCUT2D eigenvalue weighted by atomic mass is 9.82. The number of esters is 1. The first-order valence-electron chi connectivity index (χ1n) is 22.4. The quantitative estimate of drug-likeness (QED) is 0.0619. The smallest absolute Gasteiger partial charge is 0.381 e. The molecule has 1 unspecified atom stereocenters. The van der Waals surface area contributed by atoms with E-state index >= 15 is 8.78 Å². The summed E-state index contributed by atoms with van der Waals surface area (Å²) in [5.74, 6) is -10.3. The molecule has 3 N–H and O–H groups in total. The van der Waals surface area contributed by atoms with Gasteiger partial charge in [0.05, 0.1) is 62.7 Å². The minimum absolute atomic E-state index is 0.0972. The van der Waals surface area contributed by atoms with E-state index in [1.807, 2.05) is 74.5 Å². The largest absolute Gasteiger partial charge is 0.461 e. The number of rotatable bonds is 20. The molecular weight excluding hydrogens is 925 g/mol. The van der Waals surface area contributed by atoms with Crippen molar-refractivity contribution in [2.24, 2.45) is 11.8 Å². The first kappa shape index (κ1) is 61.6. The van der Waals surface area contributed by atoms with Crippen molar-refractivity contribution in [3.63, 3.8) is 0 Å². The molecular formula is C46H66F4N4O15. The van der Waals surface area contributed by atoms with Gasteiger partial charge in [-0.05, 0) is 30.9 Å². The maximum atomic E-state index is 15.6. The number of amides is 2. The molecule has 2 aromatic carbocycles. The topological polar surface area (TPSA) is 262 Å². The van der Waals surface area contributed by atoms with Crippen LogP contribution in [0.25, 0.3) is 0 Å². The van der Waals surface area contributed by atoms with Gasteiger partial charge in [-0.1, -0.05) is 95.3 Å². The van der Waals surface area contributed by atoms with Crippen LogP contribution >= 0.6 is 0 Å². The number of nitrogens with zero attached hydrogens (tertiary/aromatic N) is 2. The highest BCUT2D eigenvalue weighted by Crippen LogP contribution is 2.40. The molecule has 11 atom stereocenters. The van der Waals surface area contributed by atoms with Gasteiger partial charge in [0, 0.05) is 42.0 Å². The first-order chi connectivity index (χ1) is 32.5. The zero-order valence-electron chi connectivity index (χ0n) is 40.1. The molecule has 2 aromatic rings. The number of aliphatic hydroxyl groups is 1. The third-order valence-corrected chi connectivity index (χ3v) is 11.1. The van der Waals surface area contributed by atoms with Crippen molar-refractivity contribution in [3.05, 3.63) is 92.0 Å². The number of carbonyl (C=O) groups is 3. The van der Waals surface area contributed by atoms with Gasteiger partial charge in [0.25, 0.3) is 11.8 Å². The molecule has 2 amide bonds. The number of carbonyl (C=O) groups excluding carboxylic acids is 5. The predicted molar refractivity (Wildman–Crippen MR) is 238 cm³/mol. The van der Waals surface area contributed by atoms with Crippen LogP contribution in [0.4, 0.5) is 17.6 Å². The molecule has 2 fully saturated rings. The van der Waals surface area contributed by atoms with Gasteiger partial charge >= 0.3 is 18.2 Å². The Morgan fingerprint density at radius 2 is 1.14 bits per heavy atom. The highest BCUT2D eigenvalue weighted by Gasteiger charge is 2.58. The second-order valence-electron chi connectivity index (χ2n) is 16.3. The van der Waals surface area contributed by atoms with E-state index in [-0.39, 0.29) is 49.3 Å². The molecule has 69 heavy (non-hydrogen) atoms. The molecule has 0 bridgehead atoms. The van der Waals surface area contributed by atoms with Crippen molar-refractivity contribution in [2.45, 2.75) is 161 Å². The van der Waals surface area contributed by atoms with E-state index in [0.29, 0.717) is 19.3 Å². The molecule has 0 spiro atoms. The van der Waals surface area contributed by atoms with Crippen LogP contribution in [0, 0.1) is 32.1 Å². The van der Waals surface area contributed by atoms with Crippen molar-refractivity contribution < 1.29 is 80.2 Å². The molecule has 2 heterocycles. The lowest BCUT2D eigenvalue weighted by Crippen LogP contribution is -2.66. The van der Waals surface area contributed by atoms with Crippen LogP contribution in [-0.4, -0.2) is 125 Å². The van der Waals surface area contributed by atoms with Gasteiger partial charge in [-0.15, -0.1) is 0 Å². The van der Waals surface area contributed by atoms with Gasteiger partial charge < -0.3 is 39.4 Å². The summed E-state index contributed by atoms with van der Waals surface area (Å²) in [6, 6.07) is 13.9. The summed E-state index contributed by atoms with van der Waals surface area (Å²) in [6.07, 6.45) is -5.90. The molecule has 0 saturated carbocycles. The predicted octanol–water partition coefficient (Wildman–Crippen LogP) is 5.73. The lowest BCUT2D eigenvalue weighted by molar-refractivity contribution is -0.516. The molecule has 388 valence electrons. The molecule has 2 saturated heterocycles. The molecule has 23 heteroatoms.